The highest BCUT2D eigenvalue weighted by molar-refractivity contribution is 7.99. The van der Waals surface area contributed by atoms with Gasteiger partial charge in [0.1, 0.15) is 12.1 Å². The van der Waals surface area contributed by atoms with Crippen LogP contribution < -0.4 is 26.7 Å². The van der Waals surface area contributed by atoms with Crippen molar-refractivity contribution in [1.82, 2.24) is 31.7 Å². The van der Waals surface area contributed by atoms with Crippen LogP contribution in [0.2, 0.25) is 0 Å². The normalized spacial score (nSPS) is 17.4. The van der Waals surface area contributed by atoms with Gasteiger partial charge >= 0.3 is 0 Å². The Morgan fingerprint density at radius 1 is 0.741 bits per heavy atom. The van der Waals surface area contributed by atoms with Crippen molar-refractivity contribution in [1.29, 1.82) is 0 Å². The smallest absolute Gasteiger partial charge is 0.243 e. The maximum Gasteiger partial charge on any atom is 0.243 e. The van der Waals surface area contributed by atoms with Crippen LogP contribution in [0.5, 0.6) is 0 Å². The third kappa shape index (κ3) is 19.5. The minimum atomic E-state index is -0.981. The van der Waals surface area contributed by atoms with Gasteiger partial charge in [-0.15, -0.1) is 0 Å². The minimum Gasteiger partial charge on any atom is -0.361 e. The fourth-order valence-electron chi connectivity index (χ4n) is 5.07. The van der Waals surface area contributed by atoms with Gasteiger partial charge in [0, 0.05) is 38.1 Å². The molecule has 2 aliphatic heterocycles. The summed E-state index contributed by atoms with van der Waals surface area (Å²) in [7, 11) is 0. The Morgan fingerprint density at radius 3 is 1.76 bits per heavy atom. The van der Waals surface area contributed by atoms with Gasteiger partial charge in [0.2, 0.25) is 23.6 Å². The predicted molar refractivity (Wildman–Crippen MR) is 227 cm³/mol. The van der Waals surface area contributed by atoms with Crippen LogP contribution >= 0.6 is 11.8 Å². The number of rotatable bonds is 18. The molecular weight excluding hydrogens is 705 g/mol. The molecule has 0 spiro atoms. The van der Waals surface area contributed by atoms with E-state index < -0.39 is 42.0 Å². The predicted octanol–water partition coefficient (Wildman–Crippen LogP) is 4.92. The van der Waals surface area contributed by atoms with E-state index in [4.69, 9.17) is 4.74 Å². The lowest BCUT2D eigenvalue weighted by molar-refractivity contribution is -0.132. The Hall–Kier alpha value is -3.78. The Bertz CT molecular complexity index is 1430. The highest BCUT2D eigenvalue weighted by Crippen LogP contribution is 2.31. The number of Topliss-reactive ketones (excluding diaryl/α,β-unsaturated/α-hetero) is 1. The van der Waals surface area contributed by atoms with Crippen molar-refractivity contribution in [3.05, 3.63) is 71.8 Å². The van der Waals surface area contributed by atoms with Crippen molar-refractivity contribution < 1.29 is 35.8 Å². The largest absolute Gasteiger partial charge is 0.361 e. The average molecular weight is 779 g/mol. The topological polar surface area (TPSA) is 161 Å². The van der Waals surface area contributed by atoms with Gasteiger partial charge in [-0.2, -0.15) is 11.8 Å². The second-order valence-electron chi connectivity index (χ2n) is 14.8. The van der Waals surface area contributed by atoms with Crippen LogP contribution in [0.1, 0.15) is 79.6 Å². The fourth-order valence-corrected chi connectivity index (χ4v) is 5.97. The molecule has 2 saturated heterocycles. The van der Waals surface area contributed by atoms with Gasteiger partial charge in [0.05, 0.1) is 26.2 Å². The molecule has 0 radical (unpaired) electrons. The molecule has 13 heteroatoms. The van der Waals surface area contributed by atoms with Crippen LogP contribution in [-0.2, 0) is 41.6 Å². The molecule has 2 fully saturated rings. The summed E-state index contributed by atoms with van der Waals surface area (Å²) in [5, 5.41) is 12.8. The van der Waals surface area contributed by atoms with Crippen LogP contribution in [0.3, 0.4) is 0 Å². The van der Waals surface area contributed by atoms with Gasteiger partial charge in [0.15, 0.2) is 11.4 Å². The number of aryl methyl sites for hydroxylation is 1. The third-order valence-electron chi connectivity index (χ3n) is 8.04. The molecule has 3 atom stereocenters. The summed E-state index contributed by atoms with van der Waals surface area (Å²) in [5.74, 6) is 1.50. The van der Waals surface area contributed by atoms with E-state index in [1.807, 2.05) is 84.4 Å². The van der Waals surface area contributed by atoms with Crippen molar-refractivity contribution in [3.8, 4) is 0 Å². The molecule has 4 amide bonds. The molecule has 0 saturated carbocycles. The van der Waals surface area contributed by atoms with Gasteiger partial charge in [-0.1, -0.05) is 109 Å². The maximum atomic E-state index is 13.3. The molecule has 2 aromatic carbocycles. The van der Waals surface area contributed by atoms with E-state index in [1.54, 1.807) is 0 Å². The van der Waals surface area contributed by atoms with Crippen LogP contribution in [0, 0.1) is 11.8 Å². The Balaban J connectivity index is -0.00000107. The number of ketones is 1. The average Bonchev–Trinajstić information content (AvgIpc) is 3.96. The van der Waals surface area contributed by atoms with E-state index in [2.05, 4.69) is 68.2 Å². The SMILES string of the molecule is CC(C)C.CC(C)C.CC[C@]1(C(=O)CNC(=O)[C@H](Cc2ccccc2)NC(=O)CNC(=O)[C@H](CCc2ccccc2)NC(=O)CNN2CCSCC2)CO1.[HH].[HH].[HH].[HH].[HH]. The summed E-state index contributed by atoms with van der Waals surface area (Å²) in [4.78, 5) is 64.7. The number of nitrogens with one attached hydrogen (secondary N) is 5. The zero-order valence-corrected chi connectivity index (χ0v) is 34.2. The first kappa shape index (κ1) is 46.4. The zero-order valence-electron chi connectivity index (χ0n) is 33.4. The standard InChI is InChI=1S/C33H44N6O6S.2C4H10.5H2/c1-2-33(23-45-33)28(40)20-34-32(44)27(19-25-11-7-4-8-12-25)38-29(41)21-35-31(43)26(14-13-24-9-5-3-6-10-24)37-30(42)22-36-39-15-17-46-18-16-39;2*1-4(2)3;;;;;/h3-12,26-27,36H,2,13-23H2,1H3,(H,34,44)(H,35,43)(H,37,42)(H,38,41);2*4H,1-3H3;5*1H/t26-,27-,33+;;;;;;;/m0......./s1. The molecule has 5 N–H and O–H groups in total. The zero-order chi connectivity index (χ0) is 39.9. The van der Waals surface area contributed by atoms with E-state index in [-0.39, 0.29) is 38.3 Å². The second kappa shape index (κ2) is 25.3. The molecule has 0 unspecified atom stereocenters. The van der Waals surface area contributed by atoms with Gasteiger partial charge in [0.25, 0.3) is 0 Å². The summed E-state index contributed by atoms with van der Waals surface area (Å²) < 4.78 is 5.30. The van der Waals surface area contributed by atoms with Crippen LogP contribution in [0.25, 0.3) is 0 Å². The van der Waals surface area contributed by atoms with E-state index in [0.29, 0.717) is 25.9 Å². The summed E-state index contributed by atoms with van der Waals surface area (Å²) in [6.07, 6.45) is 1.59. The number of thioether (sulfide) groups is 1. The van der Waals surface area contributed by atoms with Crippen molar-refractivity contribution in [3.63, 3.8) is 0 Å². The number of nitrogens with zero attached hydrogens (tertiary/aromatic N) is 1. The van der Waals surface area contributed by atoms with E-state index >= 15 is 0 Å². The molecule has 310 valence electrons. The molecule has 2 aromatic rings. The number of hydrogen-bond donors (Lipinski definition) is 5. The number of ether oxygens (including phenoxy) is 1. The van der Waals surface area contributed by atoms with E-state index in [9.17, 15) is 24.0 Å². The van der Waals surface area contributed by atoms with Crippen molar-refractivity contribution in [2.45, 2.75) is 91.8 Å². The molecule has 2 aliphatic rings. The first-order chi connectivity index (χ1) is 25.7. The number of carbonyl (C=O) groups excluding carboxylic acids is 5. The van der Waals surface area contributed by atoms with Gasteiger partial charge in [-0.3, -0.25) is 24.0 Å². The fraction of sp³-hybridized carbons (Fsp3) is 0.585. The lowest BCUT2D eigenvalue weighted by atomic mass is 10.0. The van der Waals surface area contributed by atoms with E-state index in [1.165, 1.54) is 0 Å². The highest BCUT2D eigenvalue weighted by Gasteiger charge is 2.49. The summed E-state index contributed by atoms with van der Waals surface area (Å²) in [6, 6.07) is 17.0. The monoisotopic (exact) mass is 779 g/mol. The number of carbonyl (C=O) groups is 5. The second-order valence-corrected chi connectivity index (χ2v) is 16.1. The number of amides is 4. The Kier molecular flexibility index (Phi) is 21.8. The molecule has 54 heavy (non-hydrogen) atoms. The highest BCUT2D eigenvalue weighted by atomic mass is 32.2. The summed E-state index contributed by atoms with van der Waals surface area (Å²) in [5.41, 5.74) is 4.12. The van der Waals surface area contributed by atoms with Crippen LogP contribution in [0.4, 0.5) is 0 Å². The van der Waals surface area contributed by atoms with Crippen molar-refractivity contribution in [2.24, 2.45) is 11.8 Å². The number of epoxide rings is 1. The van der Waals surface area contributed by atoms with Gasteiger partial charge in [-0.25, -0.2) is 10.4 Å². The summed E-state index contributed by atoms with van der Waals surface area (Å²) in [6.45, 7) is 16.3. The van der Waals surface area contributed by atoms with Crippen LogP contribution in [0.15, 0.2) is 60.7 Å². The molecule has 0 aromatic heterocycles. The van der Waals surface area contributed by atoms with Gasteiger partial charge < -0.3 is 26.0 Å². The minimum absolute atomic E-state index is 0. The number of hydrogen-bond acceptors (Lipinski definition) is 9. The lowest BCUT2D eigenvalue weighted by Gasteiger charge is -2.27. The Morgan fingerprint density at radius 2 is 1.22 bits per heavy atom. The van der Waals surface area contributed by atoms with Crippen molar-refractivity contribution in [2.75, 3.05) is 50.8 Å². The molecule has 2 heterocycles. The Labute approximate surface area is 334 Å². The lowest BCUT2D eigenvalue weighted by Crippen LogP contribution is -2.54. The van der Waals surface area contributed by atoms with E-state index in [0.717, 1.165) is 47.6 Å². The molecule has 0 bridgehead atoms. The summed E-state index contributed by atoms with van der Waals surface area (Å²) >= 11 is 1.86. The van der Waals surface area contributed by atoms with Gasteiger partial charge in [-0.05, 0) is 42.2 Å². The number of benzene rings is 2. The number of hydrazine groups is 1. The molecule has 12 nitrogen and oxygen atoms in total. The maximum absolute atomic E-state index is 13.3. The third-order valence-corrected chi connectivity index (χ3v) is 8.99. The first-order valence-corrected chi connectivity index (χ1v) is 20.4. The quantitative estimate of drug-likeness (QED) is 0.132. The molecule has 0 aliphatic carbocycles. The first-order valence-electron chi connectivity index (χ1n) is 19.2. The van der Waals surface area contributed by atoms with Crippen LogP contribution in [-0.4, -0.2) is 103 Å². The molecular formula is C41H74N6O6S. The van der Waals surface area contributed by atoms with Crippen molar-refractivity contribution >= 4 is 41.2 Å². The molecule has 4 rings (SSSR count).